The third-order valence-corrected chi connectivity index (χ3v) is 26.4. The van der Waals surface area contributed by atoms with Crippen LogP contribution in [0.3, 0.4) is 0 Å². The Balaban J connectivity index is 2.25. The van der Waals surface area contributed by atoms with Gasteiger partial charge in [-0.2, -0.15) is 0 Å². The molecule has 1 unspecified atom stereocenters. The van der Waals surface area contributed by atoms with E-state index < -0.39 is 18.4 Å². The molecule has 1 atom stereocenters. The molecule has 0 amide bonds. The van der Waals surface area contributed by atoms with E-state index >= 15 is 0 Å². The van der Waals surface area contributed by atoms with Crippen LogP contribution in [-0.2, 0) is 0 Å². The number of hydrogen-bond donors (Lipinski definition) is 0. The van der Waals surface area contributed by atoms with Crippen LogP contribution in [0.1, 0.15) is 82.9 Å². The second kappa shape index (κ2) is 17.8. The number of hydrogen-bond acceptors (Lipinski definition) is 2. The zero-order valence-corrected chi connectivity index (χ0v) is 29.6. The molecule has 0 aliphatic heterocycles. The van der Waals surface area contributed by atoms with Gasteiger partial charge in [0, 0.05) is 0 Å². The Kier molecular flexibility index (Phi) is 14.5. The minimum absolute atomic E-state index is 0.627. The van der Waals surface area contributed by atoms with Crippen molar-refractivity contribution in [3.8, 4) is 5.75 Å². The van der Waals surface area contributed by atoms with Crippen LogP contribution in [0.25, 0.3) is 11.1 Å². The summed E-state index contributed by atoms with van der Waals surface area (Å²) in [5.74, 6) is 0.944. The van der Waals surface area contributed by atoms with E-state index in [0.29, 0.717) is 10.5 Å². The predicted octanol–water partition coefficient (Wildman–Crippen LogP) is 10.8. The van der Waals surface area contributed by atoms with Gasteiger partial charge in [0.05, 0.1) is 0 Å². The molecule has 0 spiro atoms. The van der Waals surface area contributed by atoms with Gasteiger partial charge < -0.3 is 0 Å². The Bertz CT molecular complexity index is 1130. The minimum atomic E-state index is -2.66. The van der Waals surface area contributed by atoms with E-state index in [1.165, 1.54) is 74.1 Å². The van der Waals surface area contributed by atoms with E-state index in [1.54, 1.807) is 5.57 Å². The first-order valence-electron chi connectivity index (χ1n) is 16.2. The first kappa shape index (κ1) is 33.5. The van der Waals surface area contributed by atoms with Crippen LogP contribution >= 0.6 is 0 Å². The first-order chi connectivity index (χ1) is 20.0. The Morgan fingerprint density at radius 3 is 1.59 bits per heavy atom. The van der Waals surface area contributed by atoms with E-state index in [-0.39, 0.29) is 0 Å². The zero-order valence-electron chi connectivity index (χ0n) is 26.8. The third-order valence-electron chi connectivity index (χ3n) is 8.80. The molecule has 0 aromatic heterocycles. The number of nitrogens with zero attached hydrogens (tertiary/aromatic N) is 1. The van der Waals surface area contributed by atoms with Crippen molar-refractivity contribution in [2.45, 2.75) is 83.5 Å². The molecule has 0 aliphatic carbocycles. The third kappa shape index (κ3) is 9.75. The van der Waals surface area contributed by atoms with E-state index in [4.69, 9.17) is 4.74 Å². The molecule has 2 nitrogen and oxygen atoms in total. The number of rotatable bonds is 18. The van der Waals surface area contributed by atoms with Crippen molar-refractivity contribution in [2.24, 2.45) is 0 Å². The molecule has 0 saturated heterocycles. The summed E-state index contributed by atoms with van der Waals surface area (Å²) in [4.78, 5) is 2.16. The molecule has 0 radical (unpaired) electrons. The summed E-state index contributed by atoms with van der Waals surface area (Å²) in [6.45, 7) is 11.4. The molecule has 0 aliphatic rings. The van der Waals surface area contributed by atoms with Crippen molar-refractivity contribution in [3.05, 3.63) is 102 Å². The average molecular weight is 661 g/mol. The molecule has 0 fully saturated rings. The van der Waals surface area contributed by atoms with Crippen molar-refractivity contribution in [1.29, 1.82) is 0 Å². The molecule has 3 aromatic rings. The Morgan fingerprint density at radius 2 is 1.12 bits per heavy atom. The maximum atomic E-state index is 6.09. The van der Waals surface area contributed by atoms with Crippen molar-refractivity contribution >= 4 is 29.5 Å². The van der Waals surface area contributed by atoms with E-state index in [1.807, 2.05) is 0 Å². The second-order valence-corrected chi connectivity index (χ2v) is 26.6. The van der Waals surface area contributed by atoms with Gasteiger partial charge in [0.2, 0.25) is 0 Å². The van der Waals surface area contributed by atoms with E-state index in [0.717, 1.165) is 12.3 Å². The van der Waals surface area contributed by atoms with Crippen LogP contribution in [0.2, 0.25) is 17.2 Å². The molecular formula is C38H55NOSn. The fraction of sp³-hybridized carbons (Fsp3) is 0.474. The number of likely N-dealkylation sites (N-methyl/N-ethyl adjacent to an activating group) is 1. The summed E-state index contributed by atoms with van der Waals surface area (Å²) in [5, 5.41) is 0. The van der Waals surface area contributed by atoms with Crippen LogP contribution in [0.15, 0.2) is 84.9 Å². The normalized spacial score (nSPS) is 13.2. The molecule has 0 bridgehead atoms. The predicted molar refractivity (Wildman–Crippen MR) is 184 cm³/mol. The van der Waals surface area contributed by atoms with Gasteiger partial charge >= 0.3 is 257 Å². The average Bonchev–Trinajstić information content (AvgIpc) is 3.00. The molecule has 3 aromatic carbocycles. The van der Waals surface area contributed by atoms with Crippen molar-refractivity contribution in [2.75, 3.05) is 27.2 Å². The SMILES string of the molecule is CCC[CH2][Sn]([CH2]CCC)([CH2]CCC)[CH](C)/C(=C(/c1ccccc1)c1ccc(OCCN(C)C)cc1)c1ccccc1. The van der Waals surface area contributed by atoms with Crippen molar-refractivity contribution < 1.29 is 4.74 Å². The molecule has 41 heavy (non-hydrogen) atoms. The summed E-state index contributed by atoms with van der Waals surface area (Å²) in [6.07, 6.45) is 8.05. The molecule has 0 saturated carbocycles. The summed E-state index contributed by atoms with van der Waals surface area (Å²) in [6, 6.07) is 31.4. The summed E-state index contributed by atoms with van der Waals surface area (Å²) in [5.41, 5.74) is 7.01. The topological polar surface area (TPSA) is 12.5 Å². The molecular weight excluding hydrogens is 605 g/mol. The van der Waals surface area contributed by atoms with Gasteiger partial charge in [-0.3, -0.25) is 0 Å². The zero-order chi connectivity index (χ0) is 29.5. The van der Waals surface area contributed by atoms with Crippen LogP contribution < -0.4 is 4.74 Å². The number of allylic oxidation sites excluding steroid dienone is 1. The van der Waals surface area contributed by atoms with E-state index in [9.17, 15) is 0 Å². The molecule has 3 heteroatoms. The van der Waals surface area contributed by atoms with Gasteiger partial charge in [0.25, 0.3) is 0 Å². The summed E-state index contributed by atoms with van der Waals surface area (Å²) < 4.78 is 11.2. The Labute approximate surface area is 256 Å². The van der Waals surface area contributed by atoms with Crippen LogP contribution in [0, 0.1) is 0 Å². The second-order valence-electron chi connectivity index (χ2n) is 12.1. The number of unbranched alkanes of at least 4 members (excludes halogenated alkanes) is 3. The quantitative estimate of drug-likeness (QED) is 0.0995. The Morgan fingerprint density at radius 1 is 0.659 bits per heavy atom. The van der Waals surface area contributed by atoms with Crippen molar-refractivity contribution in [1.82, 2.24) is 4.90 Å². The number of ether oxygens (including phenoxy) is 1. The van der Waals surface area contributed by atoms with Crippen molar-refractivity contribution in [3.63, 3.8) is 0 Å². The monoisotopic (exact) mass is 661 g/mol. The van der Waals surface area contributed by atoms with Gasteiger partial charge in [-0.15, -0.1) is 0 Å². The van der Waals surface area contributed by atoms with E-state index in [2.05, 4.69) is 132 Å². The fourth-order valence-electron chi connectivity index (χ4n) is 6.29. The summed E-state index contributed by atoms with van der Waals surface area (Å²) >= 11 is -2.66. The maximum absolute atomic E-state index is 6.09. The van der Waals surface area contributed by atoms with Crippen LogP contribution in [-0.4, -0.2) is 50.5 Å². The fourth-order valence-corrected chi connectivity index (χ4v) is 23.8. The van der Waals surface area contributed by atoms with Gasteiger partial charge in [-0.25, -0.2) is 0 Å². The standard InChI is InChI=1S/C26H28NO.3C4H9.Sn/c1-4-25(21-11-7-5-8-12-21)26(22-13-9-6-10-14-22)23-15-17-24(18-16-23)28-20-19-27(2)3;3*1-3-4-2;/h4-18H,19-20H2,1-3H3;3*1,3-4H2,2H3;/b26-25+;;;;. The van der Waals surface area contributed by atoms with Gasteiger partial charge in [-0.05, 0) is 0 Å². The first-order valence-corrected chi connectivity index (χ1v) is 23.9. The molecule has 0 N–H and O–H groups in total. The van der Waals surface area contributed by atoms with Crippen LogP contribution in [0.4, 0.5) is 0 Å². The van der Waals surface area contributed by atoms with Gasteiger partial charge in [0.1, 0.15) is 0 Å². The van der Waals surface area contributed by atoms with Gasteiger partial charge in [-0.1, -0.05) is 0 Å². The van der Waals surface area contributed by atoms with Crippen LogP contribution in [0.5, 0.6) is 5.75 Å². The summed E-state index contributed by atoms with van der Waals surface area (Å²) in [7, 11) is 4.17. The molecule has 222 valence electrons. The number of benzene rings is 3. The van der Waals surface area contributed by atoms with Gasteiger partial charge in [0.15, 0.2) is 0 Å². The Hall–Kier alpha value is -2.04. The molecule has 3 rings (SSSR count). The molecule has 0 heterocycles.